The predicted octanol–water partition coefficient (Wildman–Crippen LogP) is 3.14. The van der Waals surface area contributed by atoms with E-state index in [1.54, 1.807) is 0 Å². The molecule has 0 atom stereocenters. The van der Waals surface area contributed by atoms with Crippen LogP contribution < -0.4 is 5.32 Å². The standard InChI is InChI=1S/C24H21N3O7S/c28-23(25-21-7-3-4-8-22(21)27(30)31)16-34-24(29)18-9-11-20(12-10-18)35(32,33)26-14-13-17-5-1-2-6-19(17)15-26/h1-12H,13-16H2,(H,25,28). The third-order valence-electron chi connectivity index (χ3n) is 5.53. The molecule has 1 amide bonds. The second-order valence-corrected chi connectivity index (χ2v) is 9.72. The van der Waals surface area contributed by atoms with Gasteiger partial charge in [-0.05, 0) is 47.9 Å². The molecular weight excluding hydrogens is 474 g/mol. The first kappa shape index (κ1) is 24.0. The minimum Gasteiger partial charge on any atom is -0.452 e. The van der Waals surface area contributed by atoms with E-state index in [0.29, 0.717) is 13.0 Å². The van der Waals surface area contributed by atoms with Crippen molar-refractivity contribution in [3.63, 3.8) is 0 Å². The summed E-state index contributed by atoms with van der Waals surface area (Å²) in [4.78, 5) is 34.8. The number of ether oxygens (including phenoxy) is 1. The van der Waals surface area contributed by atoms with Gasteiger partial charge in [0.05, 0.1) is 15.4 Å². The summed E-state index contributed by atoms with van der Waals surface area (Å²) in [5.41, 5.74) is 1.84. The Morgan fingerprint density at radius 1 is 0.971 bits per heavy atom. The summed E-state index contributed by atoms with van der Waals surface area (Å²) in [5, 5.41) is 13.4. The molecule has 0 radical (unpaired) electrons. The van der Waals surface area contributed by atoms with Crippen LogP contribution in [0.3, 0.4) is 0 Å². The lowest BCUT2D eigenvalue weighted by Gasteiger charge is -2.28. The van der Waals surface area contributed by atoms with Gasteiger partial charge in [-0.1, -0.05) is 36.4 Å². The van der Waals surface area contributed by atoms with Gasteiger partial charge in [-0.15, -0.1) is 0 Å². The normalized spacial score (nSPS) is 13.5. The van der Waals surface area contributed by atoms with Crippen LogP contribution in [-0.2, 0) is 32.5 Å². The molecule has 180 valence electrons. The van der Waals surface area contributed by atoms with E-state index in [1.807, 2.05) is 24.3 Å². The number of hydrogen-bond donors (Lipinski definition) is 1. The Kier molecular flexibility index (Phi) is 6.90. The van der Waals surface area contributed by atoms with Crippen molar-refractivity contribution < 1.29 is 27.7 Å². The lowest BCUT2D eigenvalue weighted by Crippen LogP contribution is -2.35. The monoisotopic (exact) mass is 495 g/mol. The van der Waals surface area contributed by atoms with Gasteiger partial charge in [-0.2, -0.15) is 4.31 Å². The van der Waals surface area contributed by atoms with Gasteiger partial charge in [-0.25, -0.2) is 13.2 Å². The van der Waals surface area contributed by atoms with E-state index in [2.05, 4.69) is 5.32 Å². The van der Waals surface area contributed by atoms with Gasteiger partial charge in [0.1, 0.15) is 5.69 Å². The first-order valence-electron chi connectivity index (χ1n) is 10.6. The molecule has 4 rings (SSSR count). The van der Waals surface area contributed by atoms with Crippen molar-refractivity contribution in [1.29, 1.82) is 0 Å². The van der Waals surface area contributed by atoms with Crippen LogP contribution in [0.4, 0.5) is 11.4 Å². The van der Waals surface area contributed by atoms with Gasteiger partial charge in [0.25, 0.3) is 11.6 Å². The highest BCUT2D eigenvalue weighted by Gasteiger charge is 2.28. The third kappa shape index (κ3) is 5.36. The average Bonchev–Trinajstić information content (AvgIpc) is 2.87. The molecule has 1 aliphatic rings. The SMILES string of the molecule is O=C(COC(=O)c1ccc(S(=O)(=O)N2CCc3ccccc3C2)cc1)Nc1ccccc1[N+](=O)[O-]. The first-order valence-corrected chi connectivity index (χ1v) is 12.1. The Morgan fingerprint density at radius 3 is 2.34 bits per heavy atom. The minimum atomic E-state index is -3.76. The summed E-state index contributed by atoms with van der Waals surface area (Å²) in [5.74, 6) is -1.59. The lowest BCUT2D eigenvalue weighted by molar-refractivity contribution is -0.383. The zero-order valence-electron chi connectivity index (χ0n) is 18.4. The van der Waals surface area contributed by atoms with Crippen LogP contribution in [0.5, 0.6) is 0 Å². The second-order valence-electron chi connectivity index (χ2n) is 7.78. The molecule has 0 unspecified atom stereocenters. The number of esters is 1. The Labute approximate surface area is 201 Å². The van der Waals surface area contributed by atoms with Crippen molar-refractivity contribution in [3.8, 4) is 0 Å². The maximum atomic E-state index is 13.1. The molecule has 35 heavy (non-hydrogen) atoms. The Morgan fingerprint density at radius 2 is 1.63 bits per heavy atom. The Balaban J connectivity index is 1.37. The number of sulfonamides is 1. The molecule has 0 spiro atoms. The van der Waals surface area contributed by atoms with Crippen molar-refractivity contribution in [2.75, 3.05) is 18.5 Å². The van der Waals surface area contributed by atoms with E-state index >= 15 is 0 Å². The second kappa shape index (κ2) is 10.0. The van der Waals surface area contributed by atoms with Crippen molar-refractivity contribution >= 4 is 33.3 Å². The van der Waals surface area contributed by atoms with Crippen LogP contribution in [0.2, 0.25) is 0 Å². The summed E-state index contributed by atoms with van der Waals surface area (Å²) >= 11 is 0. The van der Waals surface area contributed by atoms with Crippen molar-refractivity contribution in [2.24, 2.45) is 0 Å². The molecule has 0 aliphatic carbocycles. The minimum absolute atomic E-state index is 0.0200. The van der Waals surface area contributed by atoms with E-state index < -0.39 is 33.4 Å². The summed E-state index contributed by atoms with van der Waals surface area (Å²) in [6.45, 7) is -0.0348. The largest absolute Gasteiger partial charge is 0.452 e. The fourth-order valence-corrected chi connectivity index (χ4v) is 5.15. The molecule has 1 aliphatic heterocycles. The lowest BCUT2D eigenvalue weighted by atomic mass is 10.0. The van der Waals surface area contributed by atoms with Crippen LogP contribution in [0, 0.1) is 10.1 Å². The van der Waals surface area contributed by atoms with Gasteiger partial charge < -0.3 is 10.1 Å². The molecular formula is C24H21N3O7S. The highest BCUT2D eigenvalue weighted by Crippen LogP contribution is 2.25. The van der Waals surface area contributed by atoms with Gasteiger partial charge in [0.15, 0.2) is 6.61 Å². The topological polar surface area (TPSA) is 136 Å². The molecule has 3 aromatic rings. The Hall–Kier alpha value is -4.09. The highest BCUT2D eigenvalue weighted by molar-refractivity contribution is 7.89. The zero-order chi connectivity index (χ0) is 25.0. The number of nitro benzene ring substituents is 1. The number of hydrogen-bond acceptors (Lipinski definition) is 7. The molecule has 3 aromatic carbocycles. The number of amides is 1. The quantitative estimate of drug-likeness (QED) is 0.302. The highest BCUT2D eigenvalue weighted by atomic mass is 32.2. The van der Waals surface area contributed by atoms with E-state index in [1.165, 1.54) is 52.8 Å². The molecule has 1 N–H and O–H groups in total. The number of para-hydroxylation sites is 2. The summed E-state index contributed by atoms with van der Waals surface area (Å²) in [6, 6.07) is 18.5. The summed E-state index contributed by atoms with van der Waals surface area (Å²) in [6.07, 6.45) is 0.619. The molecule has 11 heteroatoms. The van der Waals surface area contributed by atoms with Crippen LogP contribution in [0.15, 0.2) is 77.7 Å². The number of anilines is 1. The number of carbonyl (C=O) groups excluding carboxylic acids is 2. The number of rotatable bonds is 7. The number of nitrogens with one attached hydrogen (secondary N) is 1. The van der Waals surface area contributed by atoms with Crippen molar-refractivity contribution in [3.05, 3.63) is 99.6 Å². The average molecular weight is 496 g/mol. The van der Waals surface area contributed by atoms with E-state index in [4.69, 9.17) is 4.74 Å². The molecule has 0 bridgehead atoms. The molecule has 1 heterocycles. The molecule has 0 saturated heterocycles. The number of nitrogens with zero attached hydrogens (tertiary/aromatic N) is 2. The van der Waals surface area contributed by atoms with Crippen LogP contribution in [0.25, 0.3) is 0 Å². The number of fused-ring (bicyclic) bond motifs is 1. The summed E-state index contributed by atoms with van der Waals surface area (Å²) in [7, 11) is -3.76. The summed E-state index contributed by atoms with van der Waals surface area (Å²) < 4.78 is 32.5. The van der Waals surface area contributed by atoms with Gasteiger partial charge >= 0.3 is 5.97 Å². The van der Waals surface area contributed by atoms with E-state index in [0.717, 1.165) is 11.1 Å². The van der Waals surface area contributed by atoms with Crippen LogP contribution in [0.1, 0.15) is 21.5 Å². The van der Waals surface area contributed by atoms with Gasteiger partial charge in [-0.3, -0.25) is 14.9 Å². The van der Waals surface area contributed by atoms with Crippen LogP contribution >= 0.6 is 0 Å². The Bertz CT molecular complexity index is 1390. The third-order valence-corrected chi connectivity index (χ3v) is 7.39. The molecule has 0 saturated carbocycles. The fourth-order valence-electron chi connectivity index (χ4n) is 3.73. The number of nitro groups is 1. The van der Waals surface area contributed by atoms with Crippen molar-refractivity contribution in [1.82, 2.24) is 4.31 Å². The van der Waals surface area contributed by atoms with Gasteiger partial charge in [0.2, 0.25) is 10.0 Å². The number of benzene rings is 3. The fraction of sp³-hybridized carbons (Fsp3) is 0.167. The smallest absolute Gasteiger partial charge is 0.338 e. The molecule has 0 aromatic heterocycles. The van der Waals surface area contributed by atoms with Crippen molar-refractivity contribution in [2.45, 2.75) is 17.9 Å². The van der Waals surface area contributed by atoms with E-state index in [-0.39, 0.29) is 28.4 Å². The number of carbonyl (C=O) groups is 2. The zero-order valence-corrected chi connectivity index (χ0v) is 19.2. The van der Waals surface area contributed by atoms with Gasteiger partial charge in [0, 0.05) is 19.2 Å². The molecule has 0 fully saturated rings. The maximum absolute atomic E-state index is 13.1. The predicted molar refractivity (Wildman–Crippen MR) is 126 cm³/mol. The van der Waals surface area contributed by atoms with Crippen LogP contribution in [-0.4, -0.2) is 42.7 Å². The first-order chi connectivity index (χ1) is 16.8. The van der Waals surface area contributed by atoms with E-state index in [9.17, 15) is 28.1 Å². The maximum Gasteiger partial charge on any atom is 0.338 e. The molecule has 10 nitrogen and oxygen atoms in total.